The van der Waals surface area contributed by atoms with Crippen LogP contribution in [0.15, 0.2) is 0 Å². The molecule has 0 spiro atoms. The quantitative estimate of drug-likeness (QED) is 0.814. The van der Waals surface area contributed by atoms with Gasteiger partial charge >= 0.3 is 5.97 Å². The summed E-state index contributed by atoms with van der Waals surface area (Å²) in [5.41, 5.74) is -0.288. The molecule has 0 aromatic rings. The number of hydrogen-bond acceptors (Lipinski definition) is 3. The lowest BCUT2D eigenvalue weighted by Crippen LogP contribution is -2.43. The Labute approximate surface area is 103 Å². The Morgan fingerprint density at radius 3 is 2.71 bits per heavy atom. The lowest BCUT2D eigenvalue weighted by molar-refractivity contribution is -0.144. The summed E-state index contributed by atoms with van der Waals surface area (Å²) in [4.78, 5) is 13.2. The molecule has 0 radical (unpaired) electrons. The van der Waals surface area contributed by atoms with Gasteiger partial charge < -0.3 is 10.0 Å². The maximum absolute atomic E-state index is 10.9. The van der Waals surface area contributed by atoms with E-state index in [0.29, 0.717) is 6.04 Å². The van der Waals surface area contributed by atoms with E-state index in [9.17, 15) is 4.79 Å². The smallest absolute Gasteiger partial charge is 0.306 e. The molecule has 2 atom stereocenters. The molecule has 4 heteroatoms. The molecule has 96 valence electrons. The summed E-state index contributed by atoms with van der Waals surface area (Å²) < 4.78 is 0. The highest BCUT2D eigenvalue weighted by Crippen LogP contribution is 2.26. The van der Waals surface area contributed by atoms with E-state index in [-0.39, 0.29) is 11.3 Å². The number of hydrogen-bond donors (Lipinski definition) is 1. The van der Waals surface area contributed by atoms with Crippen molar-refractivity contribution in [2.24, 2.45) is 11.3 Å². The summed E-state index contributed by atoms with van der Waals surface area (Å²) in [6.45, 7) is 7.69. The average molecular weight is 238 g/mol. The first kappa shape index (κ1) is 14.0. The first-order valence-corrected chi connectivity index (χ1v) is 6.24. The van der Waals surface area contributed by atoms with Gasteiger partial charge in [-0.15, -0.1) is 0 Å². The molecule has 1 aliphatic heterocycles. The Bertz CT molecular complexity index is 320. The second kappa shape index (κ2) is 5.50. The average Bonchev–Trinajstić information content (AvgIpc) is 2.27. The molecule has 0 amide bonds. The van der Waals surface area contributed by atoms with Crippen LogP contribution in [0.1, 0.15) is 40.0 Å². The van der Waals surface area contributed by atoms with Crippen molar-refractivity contribution in [3.63, 3.8) is 0 Å². The van der Waals surface area contributed by atoms with Crippen LogP contribution in [0, 0.1) is 22.7 Å². The largest absolute Gasteiger partial charge is 0.481 e. The Morgan fingerprint density at radius 2 is 2.24 bits per heavy atom. The van der Waals surface area contributed by atoms with E-state index < -0.39 is 5.97 Å². The van der Waals surface area contributed by atoms with E-state index in [0.717, 1.165) is 32.4 Å². The van der Waals surface area contributed by atoms with Crippen LogP contribution in [0.25, 0.3) is 0 Å². The summed E-state index contributed by atoms with van der Waals surface area (Å²) in [6.07, 6.45) is 2.29. The molecule has 0 saturated carbocycles. The van der Waals surface area contributed by atoms with Crippen LogP contribution >= 0.6 is 0 Å². The second-order valence-corrected chi connectivity index (χ2v) is 5.69. The normalized spacial score (nSPS) is 26.5. The fraction of sp³-hybridized carbons (Fsp3) is 0.846. The van der Waals surface area contributed by atoms with Gasteiger partial charge in [0, 0.05) is 6.04 Å². The van der Waals surface area contributed by atoms with E-state index in [1.54, 1.807) is 0 Å². The highest BCUT2D eigenvalue weighted by molar-refractivity contribution is 5.70. The molecule has 1 N–H and O–H groups in total. The van der Waals surface area contributed by atoms with Gasteiger partial charge in [-0.3, -0.25) is 4.79 Å². The summed E-state index contributed by atoms with van der Waals surface area (Å²) in [5, 5.41) is 17.9. The van der Waals surface area contributed by atoms with E-state index in [4.69, 9.17) is 10.4 Å². The molecule has 0 aliphatic carbocycles. The molecule has 1 fully saturated rings. The summed E-state index contributed by atoms with van der Waals surface area (Å²) in [5.74, 6) is -0.862. The lowest BCUT2D eigenvalue weighted by atomic mass is 9.88. The van der Waals surface area contributed by atoms with Crippen molar-refractivity contribution in [2.45, 2.75) is 46.1 Å². The van der Waals surface area contributed by atoms with Crippen molar-refractivity contribution in [1.82, 2.24) is 4.90 Å². The van der Waals surface area contributed by atoms with E-state index in [1.165, 1.54) is 0 Å². The number of rotatable bonds is 4. The molecule has 0 aromatic carbocycles. The SMILES string of the molecule is CC1CC(C(=O)O)CCN1CCC(C)(C)C#N. The standard InChI is InChI=1S/C13H22N2O2/c1-10-8-11(12(16)17)4-6-15(10)7-5-13(2,3)9-14/h10-11H,4-8H2,1-3H3,(H,16,17). The van der Waals surface area contributed by atoms with Gasteiger partial charge in [0.15, 0.2) is 0 Å². The van der Waals surface area contributed by atoms with Crippen molar-refractivity contribution in [3.05, 3.63) is 0 Å². The van der Waals surface area contributed by atoms with Crippen molar-refractivity contribution in [3.8, 4) is 6.07 Å². The second-order valence-electron chi connectivity index (χ2n) is 5.69. The molecule has 1 rings (SSSR count). The van der Waals surface area contributed by atoms with Gasteiger partial charge in [-0.1, -0.05) is 0 Å². The highest BCUT2D eigenvalue weighted by atomic mass is 16.4. The van der Waals surface area contributed by atoms with Crippen LogP contribution in [-0.4, -0.2) is 35.1 Å². The number of carboxylic acids is 1. The zero-order chi connectivity index (χ0) is 13.1. The first-order chi connectivity index (χ1) is 7.85. The van der Waals surface area contributed by atoms with Crippen LogP contribution in [-0.2, 0) is 4.79 Å². The number of carboxylic acid groups (broad SMARTS) is 1. The number of nitrogens with zero attached hydrogens (tertiary/aromatic N) is 2. The predicted molar refractivity (Wildman–Crippen MR) is 65.4 cm³/mol. The Balaban J connectivity index is 2.43. The summed E-state index contributed by atoms with van der Waals surface area (Å²) in [7, 11) is 0. The van der Waals surface area contributed by atoms with Crippen molar-refractivity contribution in [2.75, 3.05) is 13.1 Å². The van der Waals surface area contributed by atoms with E-state index >= 15 is 0 Å². The number of carbonyl (C=O) groups is 1. The van der Waals surface area contributed by atoms with Gasteiger partial charge in [-0.2, -0.15) is 5.26 Å². The zero-order valence-corrected chi connectivity index (χ0v) is 10.9. The van der Waals surface area contributed by atoms with Gasteiger partial charge in [0.1, 0.15) is 0 Å². The molecule has 0 aromatic heterocycles. The minimum atomic E-state index is -0.672. The lowest BCUT2D eigenvalue weighted by Gasteiger charge is -2.37. The van der Waals surface area contributed by atoms with Crippen molar-refractivity contribution >= 4 is 5.97 Å². The number of aliphatic carboxylic acids is 1. The Hall–Kier alpha value is -1.08. The molecule has 2 unspecified atom stereocenters. The maximum atomic E-state index is 10.9. The number of nitriles is 1. The first-order valence-electron chi connectivity index (χ1n) is 6.24. The minimum Gasteiger partial charge on any atom is -0.481 e. The molecule has 1 heterocycles. The fourth-order valence-corrected chi connectivity index (χ4v) is 2.26. The van der Waals surface area contributed by atoms with Crippen molar-refractivity contribution < 1.29 is 9.90 Å². The molecule has 1 aliphatic rings. The minimum absolute atomic E-state index is 0.190. The summed E-state index contributed by atoms with van der Waals surface area (Å²) in [6, 6.07) is 2.61. The zero-order valence-electron chi connectivity index (χ0n) is 10.9. The molecule has 4 nitrogen and oxygen atoms in total. The van der Waals surface area contributed by atoms with Crippen LogP contribution < -0.4 is 0 Å². The van der Waals surface area contributed by atoms with Gasteiger partial charge in [0.2, 0.25) is 0 Å². The Morgan fingerprint density at radius 1 is 1.59 bits per heavy atom. The molecule has 0 bridgehead atoms. The fourth-order valence-electron chi connectivity index (χ4n) is 2.26. The van der Waals surface area contributed by atoms with Gasteiger partial charge in [0.05, 0.1) is 17.4 Å². The van der Waals surface area contributed by atoms with E-state index in [1.807, 2.05) is 13.8 Å². The molecular formula is C13H22N2O2. The topological polar surface area (TPSA) is 64.3 Å². The Kier molecular flexibility index (Phi) is 4.53. The van der Waals surface area contributed by atoms with Gasteiger partial charge in [-0.05, 0) is 53.1 Å². The molecular weight excluding hydrogens is 216 g/mol. The van der Waals surface area contributed by atoms with Gasteiger partial charge in [0.25, 0.3) is 0 Å². The third-order valence-electron chi connectivity index (χ3n) is 3.69. The monoisotopic (exact) mass is 238 g/mol. The van der Waals surface area contributed by atoms with Crippen LogP contribution in [0.4, 0.5) is 0 Å². The third kappa shape index (κ3) is 4.01. The molecule has 17 heavy (non-hydrogen) atoms. The number of likely N-dealkylation sites (tertiary alicyclic amines) is 1. The van der Waals surface area contributed by atoms with Gasteiger partial charge in [-0.25, -0.2) is 0 Å². The molecule has 1 saturated heterocycles. The van der Waals surface area contributed by atoms with Crippen molar-refractivity contribution in [1.29, 1.82) is 5.26 Å². The highest BCUT2D eigenvalue weighted by Gasteiger charge is 2.30. The van der Waals surface area contributed by atoms with Crippen LogP contribution in [0.2, 0.25) is 0 Å². The maximum Gasteiger partial charge on any atom is 0.306 e. The predicted octanol–water partition coefficient (Wildman–Crippen LogP) is 2.11. The number of piperidine rings is 1. The van der Waals surface area contributed by atoms with E-state index in [2.05, 4.69) is 17.9 Å². The van der Waals surface area contributed by atoms with Crippen LogP contribution in [0.3, 0.4) is 0 Å². The third-order valence-corrected chi connectivity index (χ3v) is 3.69. The van der Waals surface area contributed by atoms with Crippen LogP contribution in [0.5, 0.6) is 0 Å². The summed E-state index contributed by atoms with van der Waals surface area (Å²) >= 11 is 0.